The number of benzene rings is 2. The number of esters is 2. The van der Waals surface area contributed by atoms with E-state index in [2.05, 4.69) is 15.9 Å². The van der Waals surface area contributed by atoms with Gasteiger partial charge in [0.25, 0.3) is 0 Å². The molecule has 2 heterocycles. The standard InChI is InChI=1S/C9H7BrO3.C9H8O3/c1-12-5-2-3-6-7(4-5)9(11)13-8(6)10;1-11-7-3-2-6-5-12-9(10)8(6)4-7/h2-4,8H,1H3;2-4H,5H2,1H3. The van der Waals surface area contributed by atoms with Crippen LogP contribution in [0, 0.1) is 0 Å². The molecule has 0 fully saturated rings. The van der Waals surface area contributed by atoms with Crippen LogP contribution in [0.25, 0.3) is 0 Å². The number of halogens is 1. The summed E-state index contributed by atoms with van der Waals surface area (Å²) in [4.78, 5) is 22.3. The lowest BCUT2D eigenvalue weighted by Crippen LogP contribution is -1.94. The van der Waals surface area contributed by atoms with E-state index in [9.17, 15) is 9.59 Å². The number of fused-ring (bicyclic) bond motifs is 2. The van der Waals surface area contributed by atoms with Gasteiger partial charge >= 0.3 is 11.9 Å². The van der Waals surface area contributed by atoms with Gasteiger partial charge in [0, 0.05) is 11.1 Å². The first-order valence-corrected chi connectivity index (χ1v) is 8.32. The second-order valence-corrected chi connectivity index (χ2v) is 6.11. The second-order valence-electron chi connectivity index (χ2n) is 5.27. The van der Waals surface area contributed by atoms with E-state index in [0.29, 0.717) is 29.2 Å². The first-order valence-electron chi connectivity index (χ1n) is 7.40. The van der Waals surface area contributed by atoms with Gasteiger partial charge in [0.1, 0.15) is 18.1 Å². The number of hydrogen-bond donors (Lipinski definition) is 0. The number of rotatable bonds is 2. The monoisotopic (exact) mass is 406 g/mol. The van der Waals surface area contributed by atoms with Crippen LogP contribution in [0.4, 0.5) is 0 Å². The van der Waals surface area contributed by atoms with Crippen molar-refractivity contribution >= 4 is 27.9 Å². The number of carbonyl (C=O) groups excluding carboxylic acids is 2. The third kappa shape index (κ3) is 3.46. The van der Waals surface area contributed by atoms with Crippen LogP contribution >= 0.6 is 15.9 Å². The molecule has 0 bridgehead atoms. The molecule has 2 aliphatic rings. The highest BCUT2D eigenvalue weighted by Gasteiger charge is 2.29. The van der Waals surface area contributed by atoms with E-state index in [4.69, 9.17) is 18.9 Å². The van der Waals surface area contributed by atoms with E-state index in [1.165, 1.54) is 0 Å². The lowest BCUT2D eigenvalue weighted by molar-refractivity contribution is 0.0523. The van der Waals surface area contributed by atoms with Gasteiger partial charge in [-0.3, -0.25) is 0 Å². The zero-order chi connectivity index (χ0) is 18.0. The summed E-state index contributed by atoms with van der Waals surface area (Å²) in [6, 6.07) is 10.7. The molecule has 2 aliphatic heterocycles. The molecule has 0 aromatic heterocycles. The number of hydrogen-bond acceptors (Lipinski definition) is 6. The molecule has 130 valence electrons. The third-order valence-corrected chi connectivity index (χ3v) is 4.51. The Bertz CT molecular complexity index is 832. The highest BCUT2D eigenvalue weighted by Crippen LogP contribution is 2.36. The summed E-state index contributed by atoms with van der Waals surface area (Å²) >= 11 is 3.24. The van der Waals surface area contributed by atoms with Crippen molar-refractivity contribution < 1.29 is 28.5 Å². The molecule has 25 heavy (non-hydrogen) atoms. The van der Waals surface area contributed by atoms with Crippen molar-refractivity contribution in [3.8, 4) is 11.5 Å². The summed E-state index contributed by atoms with van der Waals surface area (Å²) in [6.07, 6.45) is 0. The van der Waals surface area contributed by atoms with Crippen LogP contribution in [-0.2, 0) is 16.1 Å². The number of methoxy groups -OCH3 is 2. The van der Waals surface area contributed by atoms with Crippen LogP contribution in [0.2, 0.25) is 0 Å². The Morgan fingerprint density at radius 3 is 2.28 bits per heavy atom. The molecule has 4 rings (SSSR count). The average Bonchev–Trinajstić information content (AvgIpc) is 3.15. The molecular formula is C18H15BrO6. The molecule has 6 nitrogen and oxygen atoms in total. The van der Waals surface area contributed by atoms with Gasteiger partial charge in [0.2, 0.25) is 0 Å². The Hall–Kier alpha value is -2.54. The number of carbonyl (C=O) groups is 2. The van der Waals surface area contributed by atoms with E-state index in [0.717, 1.165) is 11.1 Å². The Labute approximate surface area is 152 Å². The quantitative estimate of drug-likeness (QED) is 0.560. The Balaban J connectivity index is 0.000000146. The first-order chi connectivity index (χ1) is 12.0. The fourth-order valence-corrected chi connectivity index (χ4v) is 3.05. The normalized spacial score (nSPS) is 16.8. The largest absolute Gasteiger partial charge is 0.497 e. The molecule has 7 heteroatoms. The van der Waals surface area contributed by atoms with Gasteiger partial charge in [-0.05, 0) is 46.3 Å². The molecule has 1 atom stereocenters. The Morgan fingerprint density at radius 2 is 1.60 bits per heavy atom. The predicted molar refractivity (Wildman–Crippen MR) is 92.2 cm³/mol. The number of ether oxygens (including phenoxy) is 4. The van der Waals surface area contributed by atoms with Gasteiger partial charge in [-0.25, -0.2) is 9.59 Å². The number of cyclic esters (lactones) is 2. The van der Waals surface area contributed by atoms with Crippen LogP contribution in [0.1, 0.15) is 36.9 Å². The van der Waals surface area contributed by atoms with Crippen LogP contribution in [0.3, 0.4) is 0 Å². The summed E-state index contributed by atoms with van der Waals surface area (Å²) in [5.41, 5.74) is 2.97. The minimum Gasteiger partial charge on any atom is -0.497 e. The van der Waals surface area contributed by atoms with Gasteiger partial charge in [0.05, 0.1) is 25.3 Å². The van der Waals surface area contributed by atoms with Crippen LogP contribution < -0.4 is 9.47 Å². The fraction of sp³-hybridized carbons (Fsp3) is 0.222. The van der Waals surface area contributed by atoms with Crippen LogP contribution in [0.15, 0.2) is 36.4 Å². The van der Waals surface area contributed by atoms with E-state index in [-0.39, 0.29) is 17.0 Å². The molecule has 0 amide bonds. The maximum Gasteiger partial charge on any atom is 0.340 e. The Kier molecular flexibility index (Phi) is 4.94. The van der Waals surface area contributed by atoms with Gasteiger partial charge in [0.15, 0.2) is 5.01 Å². The topological polar surface area (TPSA) is 71.1 Å². The minimum absolute atomic E-state index is 0.260. The lowest BCUT2D eigenvalue weighted by Gasteiger charge is -2.01. The lowest BCUT2D eigenvalue weighted by atomic mass is 10.1. The number of alkyl halides is 1. The maximum absolute atomic E-state index is 11.2. The average molecular weight is 407 g/mol. The van der Waals surface area contributed by atoms with E-state index < -0.39 is 0 Å². The minimum atomic E-state index is -0.319. The van der Waals surface area contributed by atoms with E-state index in [1.807, 2.05) is 18.2 Å². The van der Waals surface area contributed by atoms with Crippen molar-refractivity contribution in [3.63, 3.8) is 0 Å². The van der Waals surface area contributed by atoms with Crippen molar-refractivity contribution in [1.29, 1.82) is 0 Å². The molecule has 2 aromatic rings. The van der Waals surface area contributed by atoms with Gasteiger partial charge < -0.3 is 18.9 Å². The molecule has 1 unspecified atom stereocenters. The van der Waals surface area contributed by atoms with Crippen molar-refractivity contribution in [1.82, 2.24) is 0 Å². The van der Waals surface area contributed by atoms with Crippen molar-refractivity contribution in [2.75, 3.05) is 14.2 Å². The van der Waals surface area contributed by atoms with Crippen LogP contribution in [-0.4, -0.2) is 26.2 Å². The van der Waals surface area contributed by atoms with Crippen molar-refractivity contribution in [2.24, 2.45) is 0 Å². The first kappa shape index (κ1) is 17.3. The summed E-state index contributed by atoms with van der Waals surface area (Å²) in [7, 11) is 3.13. The highest BCUT2D eigenvalue weighted by molar-refractivity contribution is 9.09. The highest BCUT2D eigenvalue weighted by atomic mass is 79.9. The summed E-state index contributed by atoms with van der Waals surface area (Å²) in [6.45, 7) is 0.387. The molecule has 0 radical (unpaired) electrons. The Morgan fingerprint density at radius 1 is 0.960 bits per heavy atom. The van der Waals surface area contributed by atoms with Gasteiger partial charge in [-0.15, -0.1) is 0 Å². The van der Waals surface area contributed by atoms with E-state index >= 15 is 0 Å². The van der Waals surface area contributed by atoms with E-state index in [1.54, 1.807) is 32.4 Å². The summed E-state index contributed by atoms with van der Waals surface area (Å²) in [5, 5.41) is -0.319. The maximum atomic E-state index is 11.2. The molecule has 0 N–H and O–H groups in total. The third-order valence-electron chi connectivity index (χ3n) is 3.83. The zero-order valence-corrected chi connectivity index (χ0v) is 15.2. The SMILES string of the molecule is COc1ccc2c(c1)C(=O)OC2.COc1ccc2c(c1)C(=O)OC2Br. The zero-order valence-electron chi connectivity index (χ0n) is 13.6. The summed E-state index contributed by atoms with van der Waals surface area (Å²) in [5.74, 6) is 0.782. The molecule has 0 saturated carbocycles. The second kappa shape index (κ2) is 7.14. The van der Waals surface area contributed by atoms with Crippen molar-refractivity contribution in [3.05, 3.63) is 58.7 Å². The molecule has 0 saturated heterocycles. The molecular weight excluding hydrogens is 392 g/mol. The smallest absolute Gasteiger partial charge is 0.340 e. The van der Waals surface area contributed by atoms with Gasteiger partial charge in [-0.1, -0.05) is 6.07 Å². The van der Waals surface area contributed by atoms with Crippen LogP contribution in [0.5, 0.6) is 11.5 Å². The van der Waals surface area contributed by atoms with Gasteiger partial charge in [-0.2, -0.15) is 0 Å². The fourth-order valence-electron chi connectivity index (χ4n) is 2.48. The van der Waals surface area contributed by atoms with Crippen molar-refractivity contribution in [2.45, 2.75) is 11.6 Å². The summed E-state index contributed by atoms with van der Waals surface area (Å²) < 4.78 is 19.8. The predicted octanol–water partition coefficient (Wildman–Crippen LogP) is 3.62. The molecule has 0 spiro atoms. The molecule has 0 aliphatic carbocycles. The molecule has 2 aromatic carbocycles.